The molecule has 0 spiro atoms. The minimum atomic E-state index is 0.919. The van der Waals surface area contributed by atoms with E-state index in [4.69, 9.17) is 0 Å². The molecule has 0 amide bonds. The Kier molecular flexibility index (Phi) is 4.79. The standard InChI is InChI=1S/C16H20N2/c1-17-16-9-5-8-15(12-16)13-18-11-10-14-6-3-2-4-7-14/h2-9,12,17-18H,10-11,13H2,1H3. The van der Waals surface area contributed by atoms with E-state index in [1.165, 1.54) is 11.1 Å². The zero-order chi connectivity index (χ0) is 12.6. The zero-order valence-corrected chi connectivity index (χ0v) is 10.8. The minimum Gasteiger partial charge on any atom is -0.388 e. The summed E-state index contributed by atoms with van der Waals surface area (Å²) in [6.45, 7) is 1.93. The van der Waals surface area contributed by atoms with Gasteiger partial charge < -0.3 is 10.6 Å². The molecule has 2 N–H and O–H groups in total. The summed E-state index contributed by atoms with van der Waals surface area (Å²) in [7, 11) is 1.95. The van der Waals surface area contributed by atoms with E-state index in [1.807, 2.05) is 7.05 Å². The number of nitrogens with one attached hydrogen (secondary N) is 2. The highest BCUT2D eigenvalue weighted by Crippen LogP contribution is 2.09. The first-order valence-corrected chi connectivity index (χ1v) is 6.40. The smallest absolute Gasteiger partial charge is 0.0340 e. The van der Waals surface area contributed by atoms with E-state index in [1.54, 1.807) is 0 Å². The number of hydrogen-bond donors (Lipinski definition) is 2. The van der Waals surface area contributed by atoms with Gasteiger partial charge in [0.15, 0.2) is 0 Å². The molecule has 0 atom stereocenters. The van der Waals surface area contributed by atoms with Crippen LogP contribution in [0.3, 0.4) is 0 Å². The van der Waals surface area contributed by atoms with Crippen LogP contribution in [0, 0.1) is 0 Å². The highest BCUT2D eigenvalue weighted by molar-refractivity contribution is 5.44. The summed E-state index contributed by atoms with van der Waals surface area (Å²) in [4.78, 5) is 0. The molecule has 0 saturated carbocycles. The van der Waals surface area contributed by atoms with E-state index in [-0.39, 0.29) is 0 Å². The molecule has 0 saturated heterocycles. The van der Waals surface area contributed by atoms with E-state index in [0.29, 0.717) is 0 Å². The monoisotopic (exact) mass is 240 g/mol. The fraction of sp³-hybridized carbons (Fsp3) is 0.250. The topological polar surface area (TPSA) is 24.1 Å². The first-order chi connectivity index (χ1) is 8.88. The lowest BCUT2D eigenvalue weighted by molar-refractivity contribution is 0.687. The Morgan fingerprint density at radius 3 is 2.44 bits per heavy atom. The molecule has 2 nitrogen and oxygen atoms in total. The van der Waals surface area contributed by atoms with Crippen molar-refractivity contribution in [3.63, 3.8) is 0 Å². The third kappa shape index (κ3) is 3.90. The Morgan fingerprint density at radius 1 is 0.889 bits per heavy atom. The van der Waals surface area contributed by atoms with Crippen molar-refractivity contribution in [1.29, 1.82) is 0 Å². The zero-order valence-electron chi connectivity index (χ0n) is 10.8. The SMILES string of the molecule is CNc1cccc(CNCCc2ccccc2)c1. The average Bonchev–Trinajstić information content (AvgIpc) is 2.45. The average molecular weight is 240 g/mol. The molecule has 94 valence electrons. The van der Waals surface area contributed by atoms with Crippen LogP contribution >= 0.6 is 0 Å². The van der Waals surface area contributed by atoms with Gasteiger partial charge in [-0.05, 0) is 36.2 Å². The Hall–Kier alpha value is -1.80. The predicted molar refractivity (Wildman–Crippen MR) is 77.8 cm³/mol. The predicted octanol–water partition coefficient (Wildman–Crippen LogP) is 3.06. The molecule has 0 fully saturated rings. The van der Waals surface area contributed by atoms with E-state index in [0.717, 1.165) is 25.2 Å². The van der Waals surface area contributed by atoms with Crippen LogP contribution in [0.25, 0.3) is 0 Å². The summed E-state index contributed by atoms with van der Waals surface area (Å²) in [6, 6.07) is 19.1. The van der Waals surface area contributed by atoms with Gasteiger partial charge in [-0.2, -0.15) is 0 Å². The molecule has 2 aromatic carbocycles. The van der Waals surface area contributed by atoms with Crippen LogP contribution in [-0.4, -0.2) is 13.6 Å². The van der Waals surface area contributed by atoms with E-state index in [2.05, 4.69) is 65.2 Å². The summed E-state index contributed by atoms with van der Waals surface area (Å²) in [5.74, 6) is 0. The van der Waals surface area contributed by atoms with Crippen LogP contribution in [0.5, 0.6) is 0 Å². The molecule has 0 heterocycles. The normalized spacial score (nSPS) is 10.3. The Labute approximate surface area is 109 Å². The van der Waals surface area contributed by atoms with Gasteiger partial charge in [0, 0.05) is 19.3 Å². The number of anilines is 1. The molecule has 0 aliphatic rings. The second kappa shape index (κ2) is 6.82. The van der Waals surface area contributed by atoms with Crippen molar-refractivity contribution < 1.29 is 0 Å². The van der Waals surface area contributed by atoms with Crippen molar-refractivity contribution in [2.45, 2.75) is 13.0 Å². The van der Waals surface area contributed by atoms with E-state index < -0.39 is 0 Å². The lowest BCUT2D eigenvalue weighted by Crippen LogP contribution is -2.16. The fourth-order valence-corrected chi connectivity index (χ4v) is 1.95. The van der Waals surface area contributed by atoms with Crippen LogP contribution in [-0.2, 0) is 13.0 Å². The van der Waals surface area contributed by atoms with Gasteiger partial charge >= 0.3 is 0 Å². The third-order valence-electron chi connectivity index (χ3n) is 2.98. The first-order valence-electron chi connectivity index (χ1n) is 6.40. The summed E-state index contributed by atoms with van der Waals surface area (Å²) in [5.41, 5.74) is 3.86. The molecule has 0 radical (unpaired) electrons. The highest BCUT2D eigenvalue weighted by atomic mass is 14.8. The van der Waals surface area contributed by atoms with Crippen LogP contribution in [0.15, 0.2) is 54.6 Å². The van der Waals surface area contributed by atoms with Crippen molar-refractivity contribution in [3.05, 3.63) is 65.7 Å². The van der Waals surface area contributed by atoms with Crippen LogP contribution in [0.4, 0.5) is 5.69 Å². The van der Waals surface area contributed by atoms with Crippen molar-refractivity contribution in [2.75, 3.05) is 18.9 Å². The molecule has 18 heavy (non-hydrogen) atoms. The molecule has 2 aromatic rings. The van der Waals surface area contributed by atoms with Gasteiger partial charge in [0.1, 0.15) is 0 Å². The van der Waals surface area contributed by atoms with E-state index in [9.17, 15) is 0 Å². The molecule has 0 unspecified atom stereocenters. The summed E-state index contributed by atoms with van der Waals surface area (Å²) in [6.07, 6.45) is 1.08. The van der Waals surface area contributed by atoms with Gasteiger partial charge in [0.05, 0.1) is 0 Å². The maximum atomic E-state index is 3.47. The fourth-order valence-electron chi connectivity index (χ4n) is 1.95. The minimum absolute atomic E-state index is 0.919. The largest absolute Gasteiger partial charge is 0.388 e. The first kappa shape index (κ1) is 12.7. The van der Waals surface area contributed by atoms with E-state index >= 15 is 0 Å². The molecule has 2 heteroatoms. The second-order valence-corrected chi connectivity index (χ2v) is 4.36. The number of hydrogen-bond acceptors (Lipinski definition) is 2. The van der Waals surface area contributed by atoms with Gasteiger partial charge in [0.2, 0.25) is 0 Å². The van der Waals surface area contributed by atoms with Gasteiger partial charge in [-0.25, -0.2) is 0 Å². The molecule has 0 aliphatic carbocycles. The summed E-state index contributed by atoms with van der Waals surface area (Å²) < 4.78 is 0. The second-order valence-electron chi connectivity index (χ2n) is 4.36. The quantitative estimate of drug-likeness (QED) is 0.758. The van der Waals surface area contributed by atoms with Gasteiger partial charge in [0.25, 0.3) is 0 Å². The molecule has 0 aliphatic heterocycles. The lowest BCUT2D eigenvalue weighted by atomic mass is 10.1. The van der Waals surface area contributed by atoms with Crippen molar-refractivity contribution in [1.82, 2.24) is 5.32 Å². The van der Waals surface area contributed by atoms with Gasteiger partial charge in [-0.15, -0.1) is 0 Å². The lowest BCUT2D eigenvalue weighted by Gasteiger charge is -2.07. The van der Waals surface area contributed by atoms with Crippen LogP contribution in [0.1, 0.15) is 11.1 Å². The maximum absolute atomic E-state index is 3.47. The summed E-state index contributed by atoms with van der Waals surface area (Å²) >= 11 is 0. The van der Waals surface area contributed by atoms with Crippen molar-refractivity contribution in [3.8, 4) is 0 Å². The summed E-state index contributed by atoms with van der Waals surface area (Å²) in [5, 5.41) is 6.63. The molecule has 2 rings (SSSR count). The Bertz CT molecular complexity index is 466. The van der Waals surface area contributed by atoms with Gasteiger partial charge in [-0.1, -0.05) is 42.5 Å². The highest BCUT2D eigenvalue weighted by Gasteiger charge is 1.95. The molecular weight excluding hydrogens is 220 g/mol. The van der Waals surface area contributed by atoms with Crippen LogP contribution in [0.2, 0.25) is 0 Å². The Morgan fingerprint density at radius 2 is 1.67 bits per heavy atom. The molecule has 0 aromatic heterocycles. The van der Waals surface area contributed by atoms with Crippen molar-refractivity contribution >= 4 is 5.69 Å². The third-order valence-corrected chi connectivity index (χ3v) is 2.98. The maximum Gasteiger partial charge on any atom is 0.0340 e. The van der Waals surface area contributed by atoms with Crippen molar-refractivity contribution in [2.24, 2.45) is 0 Å². The van der Waals surface area contributed by atoms with Gasteiger partial charge in [-0.3, -0.25) is 0 Å². The Balaban J connectivity index is 1.75. The van der Waals surface area contributed by atoms with Crippen LogP contribution < -0.4 is 10.6 Å². The molecule has 0 bridgehead atoms. The molecular formula is C16H20N2. The number of rotatable bonds is 6. The number of benzene rings is 2.